The van der Waals surface area contributed by atoms with Crippen LogP contribution >= 0.6 is 0 Å². The van der Waals surface area contributed by atoms with Crippen LogP contribution in [0, 0.1) is 0 Å². The zero-order valence-electron chi connectivity index (χ0n) is 10.5. The lowest BCUT2D eigenvalue weighted by Crippen LogP contribution is -2.51. The summed E-state index contributed by atoms with van der Waals surface area (Å²) in [6, 6.07) is -0.0632. The van der Waals surface area contributed by atoms with E-state index in [9.17, 15) is 4.79 Å². The van der Waals surface area contributed by atoms with Crippen LogP contribution in [0.15, 0.2) is 0 Å². The summed E-state index contributed by atoms with van der Waals surface area (Å²) in [5.41, 5.74) is -0.0366. The molecule has 1 aliphatic rings. The number of hydrogen-bond donors (Lipinski definition) is 1. The van der Waals surface area contributed by atoms with Crippen molar-refractivity contribution in [3.8, 4) is 0 Å². The summed E-state index contributed by atoms with van der Waals surface area (Å²) in [4.78, 5) is 16.1. The van der Waals surface area contributed by atoms with Gasteiger partial charge in [-0.25, -0.2) is 0 Å². The van der Waals surface area contributed by atoms with Gasteiger partial charge in [0.1, 0.15) is 0 Å². The number of nitrogens with zero attached hydrogens (tertiary/aromatic N) is 2. The number of hydrogen-bond acceptors (Lipinski definition) is 3. The van der Waals surface area contributed by atoms with Crippen molar-refractivity contribution in [1.29, 1.82) is 0 Å². The summed E-state index contributed by atoms with van der Waals surface area (Å²) in [6.07, 6.45) is 0.999. The molecule has 4 heteroatoms. The largest absolute Gasteiger partial charge is 0.339 e. The van der Waals surface area contributed by atoms with Gasteiger partial charge < -0.3 is 15.1 Å². The summed E-state index contributed by atoms with van der Waals surface area (Å²) in [6.45, 7) is 5.90. The Bertz CT molecular complexity index is 238. The first-order valence-corrected chi connectivity index (χ1v) is 5.50. The highest BCUT2D eigenvalue weighted by molar-refractivity contribution is 5.83. The summed E-state index contributed by atoms with van der Waals surface area (Å²) < 4.78 is 0. The van der Waals surface area contributed by atoms with Crippen LogP contribution in [0.5, 0.6) is 0 Å². The zero-order chi connectivity index (χ0) is 11.6. The average Bonchev–Trinajstić information content (AvgIpc) is 2.19. The second-order valence-corrected chi connectivity index (χ2v) is 5.23. The Morgan fingerprint density at radius 1 is 1.53 bits per heavy atom. The van der Waals surface area contributed by atoms with Gasteiger partial charge in [-0.2, -0.15) is 0 Å². The number of carbonyl (C=O) groups is 1. The number of likely N-dealkylation sites (N-methyl/N-ethyl adjacent to an activating group) is 2. The molecule has 4 nitrogen and oxygen atoms in total. The number of nitrogens with one attached hydrogen (secondary N) is 1. The van der Waals surface area contributed by atoms with Crippen molar-refractivity contribution in [2.24, 2.45) is 0 Å². The molecule has 0 spiro atoms. The van der Waals surface area contributed by atoms with Crippen LogP contribution in [0.3, 0.4) is 0 Å². The van der Waals surface area contributed by atoms with Crippen molar-refractivity contribution in [2.45, 2.75) is 31.8 Å². The molecule has 1 fully saturated rings. The van der Waals surface area contributed by atoms with E-state index in [1.165, 1.54) is 0 Å². The Balaban J connectivity index is 2.74. The van der Waals surface area contributed by atoms with E-state index in [0.717, 1.165) is 19.5 Å². The smallest absolute Gasteiger partial charge is 0.241 e. The molecule has 88 valence electrons. The molecule has 1 aliphatic heterocycles. The average molecular weight is 213 g/mol. The summed E-state index contributed by atoms with van der Waals surface area (Å²) in [7, 11) is 5.88. The number of carbonyl (C=O) groups excluding carboxylic acids is 1. The predicted octanol–water partition coefficient (Wildman–Crippen LogP) is 0.147. The maximum Gasteiger partial charge on any atom is 0.241 e. The molecule has 0 bridgehead atoms. The van der Waals surface area contributed by atoms with Crippen LogP contribution in [-0.4, -0.2) is 61.5 Å². The third-order valence-electron chi connectivity index (χ3n) is 3.21. The van der Waals surface area contributed by atoms with Crippen LogP contribution < -0.4 is 5.32 Å². The topological polar surface area (TPSA) is 35.6 Å². The van der Waals surface area contributed by atoms with E-state index in [1.807, 2.05) is 30.9 Å². The molecule has 0 aliphatic carbocycles. The first-order valence-electron chi connectivity index (χ1n) is 5.50. The molecule has 0 aromatic carbocycles. The van der Waals surface area contributed by atoms with Crippen LogP contribution in [0.4, 0.5) is 0 Å². The lowest BCUT2D eigenvalue weighted by molar-refractivity contribution is -0.135. The predicted molar refractivity (Wildman–Crippen MR) is 61.8 cm³/mol. The van der Waals surface area contributed by atoms with Crippen molar-refractivity contribution in [2.75, 3.05) is 34.2 Å². The molecule has 0 aromatic rings. The summed E-state index contributed by atoms with van der Waals surface area (Å²) >= 11 is 0. The van der Waals surface area contributed by atoms with Crippen molar-refractivity contribution in [3.63, 3.8) is 0 Å². The van der Waals surface area contributed by atoms with Gasteiger partial charge in [-0.3, -0.25) is 4.79 Å². The molecular formula is C11H23N3O. The zero-order valence-corrected chi connectivity index (χ0v) is 10.5. The molecule has 1 rings (SSSR count). The van der Waals surface area contributed by atoms with Gasteiger partial charge in [-0.05, 0) is 40.9 Å². The number of rotatable bonds is 2. The minimum absolute atomic E-state index is 0.0366. The Morgan fingerprint density at radius 2 is 2.13 bits per heavy atom. The Morgan fingerprint density at radius 3 is 2.67 bits per heavy atom. The Kier molecular flexibility index (Phi) is 3.73. The summed E-state index contributed by atoms with van der Waals surface area (Å²) in [5.74, 6) is 0.200. The van der Waals surface area contributed by atoms with Crippen LogP contribution in [0.2, 0.25) is 0 Å². The van der Waals surface area contributed by atoms with E-state index < -0.39 is 0 Å². The molecule has 1 N–H and O–H groups in total. The quantitative estimate of drug-likeness (QED) is 0.709. The van der Waals surface area contributed by atoms with Gasteiger partial charge in [-0.15, -0.1) is 0 Å². The maximum absolute atomic E-state index is 12.1. The van der Waals surface area contributed by atoms with Gasteiger partial charge in [-0.1, -0.05) is 0 Å². The fraction of sp³-hybridized carbons (Fsp3) is 0.909. The van der Waals surface area contributed by atoms with Crippen molar-refractivity contribution >= 4 is 5.91 Å². The molecule has 1 heterocycles. The fourth-order valence-corrected chi connectivity index (χ4v) is 1.85. The molecule has 15 heavy (non-hydrogen) atoms. The van der Waals surface area contributed by atoms with E-state index in [0.29, 0.717) is 0 Å². The maximum atomic E-state index is 12.1. The minimum Gasteiger partial charge on any atom is -0.339 e. The molecule has 0 saturated carbocycles. The Labute approximate surface area is 92.6 Å². The molecule has 1 saturated heterocycles. The third-order valence-corrected chi connectivity index (χ3v) is 3.21. The second kappa shape index (κ2) is 4.49. The normalized spacial score (nSPS) is 26.9. The van der Waals surface area contributed by atoms with E-state index >= 15 is 0 Å². The third kappa shape index (κ3) is 2.92. The van der Waals surface area contributed by atoms with Crippen LogP contribution in [-0.2, 0) is 4.79 Å². The van der Waals surface area contributed by atoms with Crippen LogP contribution in [0.25, 0.3) is 0 Å². The van der Waals surface area contributed by atoms with Crippen molar-refractivity contribution < 1.29 is 4.79 Å². The molecule has 1 atom stereocenters. The van der Waals surface area contributed by atoms with Crippen molar-refractivity contribution in [1.82, 2.24) is 15.1 Å². The first kappa shape index (κ1) is 12.5. The van der Waals surface area contributed by atoms with Crippen molar-refractivity contribution in [3.05, 3.63) is 0 Å². The number of amides is 1. The van der Waals surface area contributed by atoms with Crippen LogP contribution in [0.1, 0.15) is 20.3 Å². The molecular weight excluding hydrogens is 190 g/mol. The standard InChI is InChI=1S/C11H23N3O/c1-11(2)6-7-12-9(8-13(3)4)10(15)14(11)5/h9,12H,6-8H2,1-5H3. The van der Waals surface area contributed by atoms with E-state index in [-0.39, 0.29) is 17.5 Å². The minimum atomic E-state index is -0.0632. The first-order chi connectivity index (χ1) is 6.84. The lowest BCUT2D eigenvalue weighted by atomic mass is 9.99. The Hall–Kier alpha value is -0.610. The fourth-order valence-electron chi connectivity index (χ4n) is 1.85. The molecule has 0 aromatic heterocycles. The second-order valence-electron chi connectivity index (χ2n) is 5.23. The van der Waals surface area contributed by atoms with E-state index in [1.54, 1.807) is 0 Å². The SMILES string of the molecule is CN(C)CC1NCCC(C)(C)N(C)C1=O. The van der Waals surface area contributed by atoms with Gasteiger partial charge in [0.25, 0.3) is 0 Å². The van der Waals surface area contributed by atoms with Gasteiger partial charge in [0.2, 0.25) is 5.91 Å². The van der Waals surface area contributed by atoms with Gasteiger partial charge >= 0.3 is 0 Å². The monoisotopic (exact) mass is 213 g/mol. The lowest BCUT2D eigenvalue weighted by Gasteiger charge is -2.34. The van der Waals surface area contributed by atoms with Gasteiger partial charge in [0, 0.05) is 19.1 Å². The highest BCUT2D eigenvalue weighted by atomic mass is 16.2. The van der Waals surface area contributed by atoms with Gasteiger partial charge in [0.15, 0.2) is 0 Å². The molecule has 0 radical (unpaired) electrons. The summed E-state index contributed by atoms with van der Waals surface area (Å²) in [5, 5.41) is 3.32. The highest BCUT2D eigenvalue weighted by Gasteiger charge is 2.34. The highest BCUT2D eigenvalue weighted by Crippen LogP contribution is 2.20. The van der Waals surface area contributed by atoms with E-state index in [2.05, 4.69) is 19.2 Å². The molecule has 1 amide bonds. The molecule has 1 unspecified atom stereocenters. The van der Waals surface area contributed by atoms with E-state index in [4.69, 9.17) is 0 Å². The van der Waals surface area contributed by atoms with Gasteiger partial charge in [0.05, 0.1) is 6.04 Å².